The summed E-state index contributed by atoms with van der Waals surface area (Å²) in [5, 5.41) is 0. The Kier molecular flexibility index (Phi) is 5.51. The summed E-state index contributed by atoms with van der Waals surface area (Å²) in [6, 6.07) is 26.4. The summed E-state index contributed by atoms with van der Waals surface area (Å²) in [5.74, 6) is -0.0479. The van der Waals surface area contributed by atoms with Gasteiger partial charge in [0.25, 0.3) is 0 Å². The van der Waals surface area contributed by atoms with E-state index in [1.807, 2.05) is 60.7 Å². The van der Waals surface area contributed by atoms with Gasteiger partial charge in [0, 0.05) is 4.47 Å². The van der Waals surface area contributed by atoms with E-state index in [1.165, 1.54) is 0 Å². The Bertz CT molecular complexity index is 920. The van der Waals surface area contributed by atoms with Crippen LogP contribution in [-0.4, -0.2) is 14.2 Å². The van der Waals surface area contributed by atoms with E-state index in [0.717, 1.165) is 21.2 Å². The Balaban J connectivity index is 1.98. The summed E-state index contributed by atoms with van der Waals surface area (Å²) >= 11 is 3.33. The predicted molar refractivity (Wildman–Crippen MR) is 106 cm³/mol. The molecule has 0 aromatic heterocycles. The van der Waals surface area contributed by atoms with E-state index in [1.54, 1.807) is 30.3 Å². The van der Waals surface area contributed by atoms with Gasteiger partial charge in [-0.15, -0.1) is 0 Å². The van der Waals surface area contributed by atoms with Crippen LogP contribution in [0.1, 0.15) is 11.1 Å². The van der Waals surface area contributed by atoms with Gasteiger partial charge in [-0.1, -0.05) is 82.7 Å². The molecule has 3 aromatic carbocycles. The van der Waals surface area contributed by atoms with Crippen molar-refractivity contribution in [3.63, 3.8) is 0 Å². The standard InChI is InChI=1S/C21H17BrO2S/c22-19-11-13-20(14-12-19)25(23,24)16-15-21(17-7-3-1-4-8-17)18-9-5-2-6-10-18/h1-15H,16H2. The molecule has 0 bridgehead atoms. The second-order valence-corrected chi connectivity index (χ2v) is 8.54. The van der Waals surface area contributed by atoms with Crippen LogP contribution >= 0.6 is 15.9 Å². The van der Waals surface area contributed by atoms with Gasteiger partial charge in [-0.2, -0.15) is 0 Å². The lowest BCUT2D eigenvalue weighted by Gasteiger charge is -2.09. The normalized spacial score (nSPS) is 11.1. The lowest BCUT2D eigenvalue weighted by molar-refractivity contribution is 0.599. The molecule has 0 radical (unpaired) electrons. The van der Waals surface area contributed by atoms with Crippen LogP contribution in [0.25, 0.3) is 5.57 Å². The molecule has 0 heterocycles. The Morgan fingerprint density at radius 1 is 0.760 bits per heavy atom. The predicted octanol–water partition coefficient (Wildman–Crippen LogP) is 5.35. The molecular weight excluding hydrogens is 396 g/mol. The highest BCUT2D eigenvalue weighted by Crippen LogP contribution is 2.24. The second-order valence-electron chi connectivity index (χ2n) is 5.59. The lowest BCUT2D eigenvalue weighted by Crippen LogP contribution is -2.05. The van der Waals surface area contributed by atoms with Crippen LogP contribution in [0.4, 0.5) is 0 Å². The zero-order valence-electron chi connectivity index (χ0n) is 13.5. The minimum atomic E-state index is -3.39. The van der Waals surface area contributed by atoms with Crippen LogP contribution in [-0.2, 0) is 9.84 Å². The van der Waals surface area contributed by atoms with Gasteiger partial charge in [0.05, 0.1) is 10.6 Å². The zero-order valence-corrected chi connectivity index (χ0v) is 15.9. The van der Waals surface area contributed by atoms with Gasteiger partial charge in [0.1, 0.15) is 0 Å². The highest BCUT2D eigenvalue weighted by Gasteiger charge is 2.14. The molecule has 0 saturated heterocycles. The number of hydrogen-bond acceptors (Lipinski definition) is 2. The molecule has 0 aliphatic carbocycles. The second kappa shape index (κ2) is 7.81. The van der Waals surface area contributed by atoms with E-state index in [2.05, 4.69) is 15.9 Å². The number of hydrogen-bond donors (Lipinski definition) is 0. The van der Waals surface area contributed by atoms with Crippen molar-refractivity contribution in [1.82, 2.24) is 0 Å². The zero-order chi connectivity index (χ0) is 17.7. The SMILES string of the molecule is O=S(=O)(CC=C(c1ccccc1)c1ccccc1)c1ccc(Br)cc1. The van der Waals surface area contributed by atoms with Gasteiger partial charge < -0.3 is 0 Å². The maximum absolute atomic E-state index is 12.7. The van der Waals surface area contributed by atoms with E-state index in [-0.39, 0.29) is 5.75 Å². The van der Waals surface area contributed by atoms with Crippen molar-refractivity contribution in [3.05, 3.63) is 107 Å². The Hall–Kier alpha value is -2.17. The van der Waals surface area contributed by atoms with Gasteiger partial charge in [-0.3, -0.25) is 0 Å². The maximum atomic E-state index is 12.7. The van der Waals surface area contributed by atoms with E-state index in [0.29, 0.717) is 4.90 Å². The van der Waals surface area contributed by atoms with E-state index in [4.69, 9.17) is 0 Å². The third-order valence-corrected chi connectivity index (χ3v) is 5.97. The summed E-state index contributed by atoms with van der Waals surface area (Å²) in [4.78, 5) is 0.326. The molecule has 25 heavy (non-hydrogen) atoms. The van der Waals surface area contributed by atoms with E-state index >= 15 is 0 Å². The van der Waals surface area contributed by atoms with Gasteiger partial charge in [0.15, 0.2) is 9.84 Å². The van der Waals surface area contributed by atoms with Crippen LogP contribution in [0, 0.1) is 0 Å². The fraction of sp³-hybridized carbons (Fsp3) is 0.0476. The third kappa shape index (κ3) is 4.47. The van der Waals surface area contributed by atoms with Gasteiger partial charge in [-0.25, -0.2) is 8.42 Å². The number of rotatable bonds is 5. The number of benzene rings is 3. The Labute approximate surface area is 156 Å². The van der Waals surface area contributed by atoms with Crippen molar-refractivity contribution in [2.75, 3.05) is 5.75 Å². The molecule has 0 atom stereocenters. The third-order valence-electron chi connectivity index (χ3n) is 3.85. The van der Waals surface area contributed by atoms with Crippen LogP contribution in [0.2, 0.25) is 0 Å². The topological polar surface area (TPSA) is 34.1 Å². The molecule has 0 aliphatic rings. The first kappa shape index (κ1) is 17.6. The molecule has 0 unspecified atom stereocenters. The summed E-state index contributed by atoms with van der Waals surface area (Å²) in [6.07, 6.45) is 1.79. The highest BCUT2D eigenvalue weighted by molar-refractivity contribution is 9.10. The van der Waals surface area contributed by atoms with Crippen molar-refractivity contribution >= 4 is 31.3 Å². The van der Waals surface area contributed by atoms with Crippen molar-refractivity contribution in [2.45, 2.75) is 4.90 Å². The molecule has 2 nitrogen and oxygen atoms in total. The maximum Gasteiger partial charge on any atom is 0.181 e. The summed E-state index contributed by atoms with van der Waals surface area (Å²) in [7, 11) is -3.39. The minimum Gasteiger partial charge on any atom is -0.223 e. The van der Waals surface area contributed by atoms with Gasteiger partial charge >= 0.3 is 0 Å². The average Bonchev–Trinajstić information content (AvgIpc) is 2.64. The van der Waals surface area contributed by atoms with Crippen molar-refractivity contribution in [1.29, 1.82) is 0 Å². The fourth-order valence-corrected chi connectivity index (χ4v) is 3.96. The molecule has 0 aliphatic heterocycles. The Morgan fingerprint density at radius 2 is 1.24 bits per heavy atom. The van der Waals surface area contributed by atoms with Gasteiger partial charge in [0.2, 0.25) is 0 Å². The first-order valence-corrected chi connectivity index (χ1v) is 10.3. The molecule has 0 fully saturated rings. The summed E-state index contributed by atoms with van der Waals surface area (Å²) < 4.78 is 26.2. The molecule has 4 heteroatoms. The van der Waals surface area contributed by atoms with Crippen molar-refractivity contribution in [3.8, 4) is 0 Å². The molecule has 3 rings (SSSR count). The van der Waals surface area contributed by atoms with Crippen LogP contribution < -0.4 is 0 Å². The number of halogens is 1. The monoisotopic (exact) mass is 412 g/mol. The highest BCUT2D eigenvalue weighted by atomic mass is 79.9. The molecule has 0 saturated carbocycles. The lowest BCUT2D eigenvalue weighted by atomic mass is 9.98. The van der Waals surface area contributed by atoms with Gasteiger partial charge in [-0.05, 0) is 41.0 Å². The molecule has 126 valence electrons. The first-order valence-electron chi connectivity index (χ1n) is 7.85. The first-order chi connectivity index (χ1) is 12.1. The number of sulfone groups is 1. The van der Waals surface area contributed by atoms with Crippen LogP contribution in [0.15, 0.2) is 100 Å². The largest absolute Gasteiger partial charge is 0.223 e. The smallest absolute Gasteiger partial charge is 0.181 e. The van der Waals surface area contributed by atoms with E-state index < -0.39 is 9.84 Å². The van der Waals surface area contributed by atoms with E-state index in [9.17, 15) is 8.42 Å². The molecule has 3 aromatic rings. The summed E-state index contributed by atoms with van der Waals surface area (Å²) in [6.45, 7) is 0. The summed E-state index contributed by atoms with van der Waals surface area (Å²) in [5.41, 5.74) is 2.92. The molecule has 0 spiro atoms. The molecular formula is C21H17BrO2S. The van der Waals surface area contributed by atoms with Crippen LogP contribution in [0.5, 0.6) is 0 Å². The Morgan fingerprint density at radius 3 is 1.72 bits per heavy atom. The molecule has 0 N–H and O–H groups in total. The van der Waals surface area contributed by atoms with Crippen molar-refractivity contribution in [2.24, 2.45) is 0 Å². The van der Waals surface area contributed by atoms with Crippen molar-refractivity contribution < 1.29 is 8.42 Å². The molecule has 0 amide bonds. The fourth-order valence-electron chi connectivity index (χ4n) is 2.57. The van der Waals surface area contributed by atoms with Crippen LogP contribution in [0.3, 0.4) is 0 Å². The average molecular weight is 413 g/mol. The quantitative estimate of drug-likeness (QED) is 0.565. The minimum absolute atomic E-state index is 0.0479.